The first-order valence-electron chi connectivity index (χ1n) is 4.28. The number of carbonyl (C=O) groups is 1. The monoisotopic (exact) mass is 170 g/mol. The minimum Gasteiger partial charge on any atom is -0.469 e. The Balaban J connectivity index is 2.09. The van der Waals surface area contributed by atoms with Crippen LogP contribution in [0.15, 0.2) is 0 Å². The van der Waals surface area contributed by atoms with Gasteiger partial charge in [-0.1, -0.05) is 0 Å². The van der Waals surface area contributed by atoms with E-state index in [1.165, 1.54) is 7.11 Å². The number of hydrogen-bond donors (Lipinski definition) is 2. The summed E-state index contributed by atoms with van der Waals surface area (Å²) >= 11 is 0. The van der Waals surface area contributed by atoms with E-state index in [1.807, 2.05) is 0 Å². The molecule has 2 saturated heterocycles. The molecule has 0 aromatic heterocycles. The van der Waals surface area contributed by atoms with Crippen molar-refractivity contribution < 1.29 is 9.53 Å². The summed E-state index contributed by atoms with van der Waals surface area (Å²) in [5, 5.41) is 6.44. The number of ether oxygens (including phenoxy) is 1. The molecule has 1 atom stereocenters. The molecule has 2 aliphatic rings. The molecule has 68 valence electrons. The Labute approximate surface area is 71.7 Å². The van der Waals surface area contributed by atoms with Gasteiger partial charge in [0.05, 0.1) is 13.0 Å². The van der Waals surface area contributed by atoms with Crippen molar-refractivity contribution in [2.24, 2.45) is 11.3 Å². The molecule has 2 rings (SSSR count). The zero-order valence-electron chi connectivity index (χ0n) is 7.22. The number of hydrogen-bond acceptors (Lipinski definition) is 4. The molecule has 4 nitrogen and oxygen atoms in total. The number of rotatable bonds is 1. The minimum atomic E-state index is -0.0681. The molecule has 0 radical (unpaired) electrons. The molecule has 0 aromatic rings. The smallest absolute Gasteiger partial charge is 0.310 e. The average molecular weight is 170 g/mol. The first kappa shape index (κ1) is 8.01. The first-order valence-corrected chi connectivity index (χ1v) is 4.28. The lowest BCUT2D eigenvalue weighted by atomic mass is 9.73. The molecule has 0 aromatic carbocycles. The second-order valence-corrected chi connectivity index (χ2v) is 3.67. The molecule has 12 heavy (non-hydrogen) atoms. The van der Waals surface area contributed by atoms with Gasteiger partial charge in [0.15, 0.2) is 0 Å². The van der Waals surface area contributed by atoms with Gasteiger partial charge in [-0.05, 0) is 0 Å². The number of esters is 1. The van der Waals surface area contributed by atoms with E-state index >= 15 is 0 Å². The fourth-order valence-corrected chi connectivity index (χ4v) is 2.10. The van der Waals surface area contributed by atoms with Crippen molar-refractivity contribution in [3.05, 3.63) is 0 Å². The largest absolute Gasteiger partial charge is 0.469 e. The maximum Gasteiger partial charge on any atom is 0.310 e. The predicted octanol–water partition coefficient (Wildman–Crippen LogP) is -1.03. The third-order valence-corrected chi connectivity index (χ3v) is 3.00. The SMILES string of the molecule is COC(=O)C1CNCC12CNC2. The van der Waals surface area contributed by atoms with Crippen LogP contribution >= 0.6 is 0 Å². The lowest BCUT2D eigenvalue weighted by Gasteiger charge is -2.42. The van der Waals surface area contributed by atoms with Gasteiger partial charge >= 0.3 is 5.97 Å². The highest BCUT2D eigenvalue weighted by molar-refractivity contribution is 5.74. The second-order valence-electron chi connectivity index (χ2n) is 3.67. The highest BCUT2D eigenvalue weighted by Gasteiger charge is 2.51. The summed E-state index contributed by atoms with van der Waals surface area (Å²) in [4.78, 5) is 11.3. The highest BCUT2D eigenvalue weighted by atomic mass is 16.5. The maximum absolute atomic E-state index is 11.3. The van der Waals surface area contributed by atoms with Crippen molar-refractivity contribution in [3.63, 3.8) is 0 Å². The number of methoxy groups -OCH3 is 1. The molecule has 1 spiro atoms. The van der Waals surface area contributed by atoms with Crippen LogP contribution in [0.3, 0.4) is 0 Å². The zero-order valence-corrected chi connectivity index (χ0v) is 7.22. The Hall–Kier alpha value is -0.610. The van der Waals surface area contributed by atoms with Crippen LogP contribution in [0, 0.1) is 11.3 Å². The molecule has 0 amide bonds. The van der Waals surface area contributed by atoms with Gasteiger partial charge in [0.1, 0.15) is 0 Å². The molecular weight excluding hydrogens is 156 g/mol. The molecule has 2 fully saturated rings. The topological polar surface area (TPSA) is 50.4 Å². The Kier molecular flexibility index (Phi) is 1.81. The number of nitrogens with one attached hydrogen (secondary N) is 2. The molecule has 1 unspecified atom stereocenters. The summed E-state index contributed by atoms with van der Waals surface area (Å²) in [6.07, 6.45) is 0. The number of carbonyl (C=O) groups excluding carboxylic acids is 1. The molecule has 0 aliphatic carbocycles. The standard InChI is InChI=1S/C8H14N2O2/c1-12-7(11)6-2-9-3-8(6)4-10-5-8/h6,9-10H,2-5H2,1H3. The van der Waals surface area contributed by atoms with Crippen LogP contribution in [0.25, 0.3) is 0 Å². The van der Waals surface area contributed by atoms with Crippen LogP contribution in [0.1, 0.15) is 0 Å². The van der Waals surface area contributed by atoms with E-state index in [0.717, 1.165) is 26.2 Å². The van der Waals surface area contributed by atoms with Gasteiger partial charge in [0, 0.05) is 31.6 Å². The Morgan fingerprint density at radius 2 is 2.08 bits per heavy atom. The molecule has 0 bridgehead atoms. The normalized spacial score (nSPS) is 31.6. The van der Waals surface area contributed by atoms with Gasteiger partial charge in [0.2, 0.25) is 0 Å². The van der Waals surface area contributed by atoms with E-state index in [2.05, 4.69) is 10.6 Å². The summed E-state index contributed by atoms with van der Waals surface area (Å²) in [5.74, 6) is -0.00903. The highest BCUT2D eigenvalue weighted by Crippen LogP contribution is 2.35. The third-order valence-electron chi connectivity index (χ3n) is 3.00. The average Bonchev–Trinajstić information content (AvgIpc) is 2.45. The quantitative estimate of drug-likeness (QED) is 0.494. The Morgan fingerprint density at radius 1 is 1.42 bits per heavy atom. The Bertz CT molecular complexity index is 201. The molecule has 2 heterocycles. The van der Waals surface area contributed by atoms with Crippen molar-refractivity contribution in [3.8, 4) is 0 Å². The molecule has 4 heteroatoms. The molecule has 0 saturated carbocycles. The third kappa shape index (κ3) is 0.949. The lowest BCUT2D eigenvalue weighted by molar-refractivity contribution is -0.149. The van der Waals surface area contributed by atoms with Crippen molar-refractivity contribution in [2.75, 3.05) is 33.3 Å². The van der Waals surface area contributed by atoms with E-state index in [4.69, 9.17) is 4.74 Å². The van der Waals surface area contributed by atoms with Gasteiger partial charge < -0.3 is 15.4 Å². The van der Waals surface area contributed by atoms with Gasteiger partial charge in [-0.15, -0.1) is 0 Å². The minimum absolute atomic E-state index is 0.0590. The zero-order chi connectivity index (χ0) is 8.60. The fourth-order valence-electron chi connectivity index (χ4n) is 2.10. The second kappa shape index (κ2) is 2.71. The summed E-state index contributed by atoms with van der Waals surface area (Å²) in [6, 6.07) is 0. The summed E-state index contributed by atoms with van der Waals surface area (Å²) in [5.41, 5.74) is 0.160. The summed E-state index contributed by atoms with van der Waals surface area (Å²) in [7, 11) is 1.46. The summed E-state index contributed by atoms with van der Waals surface area (Å²) < 4.78 is 4.76. The predicted molar refractivity (Wildman–Crippen MR) is 43.7 cm³/mol. The maximum atomic E-state index is 11.3. The van der Waals surface area contributed by atoms with Crippen molar-refractivity contribution in [2.45, 2.75) is 0 Å². The van der Waals surface area contributed by atoms with Crippen LogP contribution in [0.4, 0.5) is 0 Å². The van der Waals surface area contributed by atoms with Crippen molar-refractivity contribution in [1.82, 2.24) is 10.6 Å². The van der Waals surface area contributed by atoms with E-state index in [9.17, 15) is 4.79 Å². The van der Waals surface area contributed by atoms with E-state index in [0.29, 0.717) is 0 Å². The van der Waals surface area contributed by atoms with Crippen LogP contribution in [0.2, 0.25) is 0 Å². The van der Waals surface area contributed by atoms with E-state index in [1.54, 1.807) is 0 Å². The molecule has 2 N–H and O–H groups in total. The van der Waals surface area contributed by atoms with Crippen LogP contribution in [-0.2, 0) is 9.53 Å². The van der Waals surface area contributed by atoms with Gasteiger partial charge in [-0.2, -0.15) is 0 Å². The lowest BCUT2D eigenvalue weighted by Crippen LogP contribution is -2.59. The Morgan fingerprint density at radius 3 is 2.58 bits per heavy atom. The van der Waals surface area contributed by atoms with E-state index in [-0.39, 0.29) is 17.3 Å². The molecular formula is C8H14N2O2. The van der Waals surface area contributed by atoms with Crippen LogP contribution < -0.4 is 10.6 Å². The summed E-state index contributed by atoms with van der Waals surface area (Å²) in [6.45, 7) is 3.60. The first-order chi connectivity index (χ1) is 5.78. The molecule has 2 aliphatic heterocycles. The van der Waals surface area contributed by atoms with Gasteiger partial charge in [0.25, 0.3) is 0 Å². The van der Waals surface area contributed by atoms with Gasteiger partial charge in [-0.3, -0.25) is 4.79 Å². The fraction of sp³-hybridized carbons (Fsp3) is 0.875. The van der Waals surface area contributed by atoms with Crippen molar-refractivity contribution in [1.29, 1.82) is 0 Å². The van der Waals surface area contributed by atoms with Gasteiger partial charge in [-0.25, -0.2) is 0 Å². The van der Waals surface area contributed by atoms with Crippen LogP contribution in [-0.4, -0.2) is 39.3 Å². The van der Waals surface area contributed by atoms with Crippen LogP contribution in [0.5, 0.6) is 0 Å². The van der Waals surface area contributed by atoms with Crippen molar-refractivity contribution >= 4 is 5.97 Å². The van der Waals surface area contributed by atoms with E-state index < -0.39 is 0 Å².